The number of methoxy groups -OCH3 is 1. The third-order valence-corrected chi connectivity index (χ3v) is 3.65. The first-order valence-electron chi connectivity index (χ1n) is 7.21. The number of carbonyl (C=O) groups is 2. The molecule has 2 amide bonds. The average Bonchev–Trinajstić information content (AvgIpc) is 2.79. The number of hydrogen-bond acceptors (Lipinski definition) is 3. The van der Waals surface area contributed by atoms with Crippen LogP contribution in [0.1, 0.15) is 25.8 Å². The van der Waals surface area contributed by atoms with Gasteiger partial charge in [-0.1, -0.05) is 12.1 Å². The summed E-state index contributed by atoms with van der Waals surface area (Å²) in [5.41, 5.74) is 0.900. The van der Waals surface area contributed by atoms with Crippen molar-refractivity contribution in [3.63, 3.8) is 0 Å². The standard InChI is InChI=1S/C16H22N2O3/c1-11(2)18-10-13(9-16(18)20)17-15(19)8-12-5-4-6-14(7-12)21-3/h4-7,11,13H,8-10H2,1-3H3,(H,17,19). The quantitative estimate of drug-likeness (QED) is 0.891. The van der Waals surface area contributed by atoms with Crippen LogP contribution in [-0.2, 0) is 16.0 Å². The number of likely N-dealkylation sites (tertiary alicyclic amines) is 1. The molecule has 0 aromatic heterocycles. The molecule has 0 bridgehead atoms. The summed E-state index contributed by atoms with van der Waals surface area (Å²) in [6.45, 7) is 4.57. The van der Waals surface area contributed by atoms with Crippen LogP contribution in [0.25, 0.3) is 0 Å². The molecule has 1 fully saturated rings. The molecule has 1 N–H and O–H groups in total. The van der Waals surface area contributed by atoms with Crippen molar-refractivity contribution in [3.05, 3.63) is 29.8 Å². The second kappa shape index (κ2) is 6.61. The first-order valence-corrected chi connectivity index (χ1v) is 7.21. The normalized spacial score (nSPS) is 18.2. The molecule has 0 aliphatic carbocycles. The SMILES string of the molecule is COc1cccc(CC(=O)NC2CC(=O)N(C(C)C)C2)c1. The van der Waals surface area contributed by atoms with Crippen LogP contribution in [0.4, 0.5) is 0 Å². The lowest BCUT2D eigenvalue weighted by Crippen LogP contribution is -2.39. The molecular formula is C16H22N2O3. The molecule has 5 nitrogen and oxygen atoms in total. The van der Waals surface area contributed by atoms with Crippen LogP contribution < -0.4 is 10.1 Å². The van der Waals surface area contributed by atoms with E-state index in [1.54, 1.807) is 12.0 Å². The Hall–Kier alpha value is -2.04. The molecule has 1 aromatic rings. The zero-order chi connectivity index (χ0) is 15.4. The predicted octanol–water partition coefficient (Wildman–Crippen LogP) is 1.36. The van der Waals surface area contributed by atoms with Crippen molar-refractivity contribution in [2.45, 2.75) is 38.8 Å². The summed E-state index contributed by atoms with van der Waals surface area (Å²) in [5, 5.41) is 2.94. The summed E-state index contributed by atoms with van der Waals surface area (Å²) in [6.07, 6.45) is 0.686. The lowest BCUT2D eigenvalue weighted by molar-refractivity contribution is -0.129. The lowest BCUT2D eigenvalue weighted by atomic mass is 10.1. The fourth-order valence-corrected chi connectivity index (χ4v) is 2.57. The van der Waals surface area contributed by atoms with Crippen molar-refractivity contribution < 1.29 is 14.3 Å². The molecule has 114 valence electrons. The summed E-state index contributed by atoms with van der Waals surface area (Å²) >= 11 is 0. The van der Waals surface area contributed by atoms with Crippen LogP contribution in [0.2, 0.25) is 0 Å². The van der Waals surface area contributed by atoms with Gasteiger partial charge in [-0.25, -0.2) is 0 Å². The highest BCUT2D eigenvalue weighted by Gasteiger charge is 2.31. The van der Waals surface area contributed by atoms with Gasteiger partial charge in [0.05, 0.1) is 19.6 Å². The zero-order valence-corrected chi connectivity index (χ0v) is 12.8. The first kappa shape index (κ1) is 15.4. The van der Waals surface area contributed by atoms with E-state index < -0.39 is 0 Å². The van der Waals surface area contributed by atoms with Gasteiger partial charge in [-0.3, -0.25) is 9.59 Å². The molecule has 0 radical (unpaired) electrons. The van der Waals surface area contributed by atoms with Crippen LogP contribution in [0.15, 0.2) is 24.3 Å². The minimum atomic E-state index is -0.0852. The number of amides is 2. The van der Waals surface area contributed by atoms with E-state index in [9.17, 15) is 9.59 Å². The van der Waals surface area contributed by atoms with Gasteiger partial charge in [0.25, 0.3) is 0 Å². The largest absolute Gasteiger partial charge is 0.497 e. The highest BCUT2D eigenvalue weighted by Crippen LogP contribution is 2.15. The van der Waals surface area contributed by atoms with Gasteiger partial charge in [-0.15, -0.1) is 0 Å². The molecule has 2 rings (SSSR count). The molecule has 0 saturated carbocycles. The van der Waals surface area contributed by atoms with E-state index in [-0.39, 0.29) is 23.9 Å². The number of carbonyl (C=O) groups excluding carboxylic acids is 2. The molecule has 1 atom stereocenters. The summed E-state index contributed by atoms with van der Waals surface area (Å²) in [7, 11) is 1.60. The second-order valence-electron chi connectivity index (χ2n) is 5.64. The Labute approximate surface area is 125 Å². The smallest absolute Gasteiger partial charge is 0.225 e. The van der Waals surface area contributed by atoms with Gasteiger partial charge in [0.2, 0.25) is 11.8 Å². The molecular weight excluding hydrogens is 268 g/mol. The van der Waals surface area contributed by atoms with E-state index in [0.29, 0.717) is 19.4 Å². The number of nitrogens with zero attached hydrogens (tertiary/aromatic N) is 1. The maximum Gasteiger partial charge on any atom is 0.225 e. The molecule has 1 saturated heterocycles. The van der Waals surface area contributed by atoms with Crippen molar-refractivity contribution in [1.29, 1.82) is 0 Å². The maximum absolute atomic E-state index is 12.1. The molecule has 0 spiro atoms. The van der Waals surface area contributed by atoms with Crippen molar-refractivity contribution >= 4 is 11.8 Å². The zero-order valence-electron chi connectivity index (χ0n) is 12.8. The Morgan fingerprint density at radius 2 is 2.24 bits per heavy atom. The molecule has 1 aromatic carbocycles. The number of rotatable bonds is 5. The van der Waals surface area contributed by atoms with Crippen molar-refractivity contribution in [2.75, 3.05) is 13.7 Å². The Morgan fingerprint density at radius 1 is 1.48 bits per heavy atom. The van der Waals surface area contributed by atoms with Gasteiger partial charge in [-0.05, 0) is 31.5 Å². The predicted molar refractivity (Wildman–Crippen MR) is 80.1 cm³/mol. The number of ether oxygens (including phenoxy) is 1. The highest BCUT2D eigenvalue weighted by atomic mass is 16.5. The molecule has 21 heavy (non-hydrogen) atoms. The Balaban J connectivity index is 1.89. The summed E-state index contributed by atoms with van der Waals surface area (Å²) < 4.78 is 5.14. The monoisotopic (exact) mass is 290 g/mol. The topological polar surface area (TPSA) is 58.6 Å². The summed E-state index contributed by atoms with van der Waals surface area (Å²) in [5.74, 6) is 0.783. The minimum Gasteiger partial charge on any atom is -0.497 e. The number of hydrogen-bond donors (Lipinski definition) is 1. The molecule has 1 heterocycles. The summed E-state index contributed by atoms with van der Waals surface area (Å²) in [4.78, 5) is 25.7. The maximum atomic E-state index is 12.1. The van der Waals surface area contributed by atoms with Gasteiger partial charge in [0, 0.05) is 19.0 Å². The van der Waals surface area contributed by atoms with Crippen LogP contribution in [0, 0.1) is 0 Å². The van der Waals surface area contributed by atoms with Gasteiger partial charge >= 0.3 is 0 Å². The van der Waals surface area contributed by atoms with Crippen LogP contribution >= 0.6 is 0 Å². The molecule has 5 heteroatoms. The fraction of sp³-hybridized carbons (Fsp3) is 0.500. The molecule has 1 unspecified atom stereocenters. The van der Waals surface area contributed by atoms with Gasteiger partial charge < -0.3 is 15.0 Å². The molecule has 1 aliphatic heterocycles. The minimum absolute atomic E-state index is 0.0633. The third kappa shape index (κ3) is 3.97. The van der Waals surface area contributed by atoms with E-state index in [0.717, 1.165) is 11.3 Å². The van der Waals surface area contributed by atoms with Gasteiger partial charge in [0.1, 0.15) is 5.75 Å². The van der Waals surface area contributed by atoms with E-state index in [2.05, 4.69) is 5.32 Å². The van der Waals surface area contributed by atoms with Crippen molar-refractivity contribution in [2.24, 2.45) is 0 Å². The first-order chi connectivity index (χ1) is 9.99. The fourth-order valence-electron chi connectivity index (χ4n) is 2.57. The number of benzene rings is 1. The van der Waals surface area contributed by atoms with E-state index in [1.807, 2.05) is 38.1 Å². The Morgan fingerprint density at radius 3 is 2.86 bits per heavy atom. The lowest BCUT2D eigenvalue weighted by Gasteiger charge is -2.21. The third-order valence-electron chi connectivity index (χ3n) is 3.65. The average molecular weight is 290 g/mol. The van der Waals surface area contributed by atoms with Crippen LogP contribution in [-0.4, -0.2) is 42.5 Å². The Bertz CT molecular complexity index is 528. The second-order valence-corrected chi connectivity index (χ2v) is 5.64. The van der Waals surface area contributed by atoms with Crippen molar-refractivity contribution in [3.8, 4) is 5.75 Å². The van der Waals surface area contributed by atoms with Crippen LogP contribution in [0.5, 0.6) is 5.75 Å². The van der Waals surface area contributed by atoms with Gasteiger partial charge in [-0.2, -0.15) is 0 Å². The van der Waals surface area contributed by atoms with E-state index in [4.69, 9.17) is 4.74 Å². The van der Waals surface area contributed by atoms with Gasteiger partial charge in [0.15, 0.2) is 0 Å². The summed E-state index contributed by atoms with van der Waals surface area (Å²) in [6, 6.07) is 7.54. The van der Waals surface area contributed by atoms with E-state index >= 15 is 0 Å². The molecule has 1 aliphatic rings. The number of nitrogens with one attached hydrogen (secondary N) is 1. The van der Waals surface area contributed by atoms with Crippen LogP contribution in [0.3, 0.4) is 0 Å². The van der Waals surface area contributed by atoms with E-state index in [1.165, 1.54) is 0 Å². The Kier molecular flexibility index (Phi) is 4.83. The highest BCUT2D eigenvalue weighted by molar-refractivity contribution is 5.83. The van der Waals surface area contributed by atoms with Crippen molar-refractivity contribution in [1.82, 2.24) is 10.2 Å².